The van der Waals surface area contributed by atoms with Crippen LogP contribution in [0, 0.1) is 5.92 Å². The molecule has 0 spiro atoms. The molecule has 0 saturated carbocycles. The fourth-order valence-corrected chi connectivity index (χ4v) is 2.50. The Balaban J connectivity index is 3.46. The smallest absolute Gasteiger partial charge is 0.162 e. The second-order valence-electron chi connectivity index (χ2n) is 4.77. The maximum absolute atomic E-state index is 5.44. The minimum atomic E-state index is 0.501. The van der Waals surface area contributed by atoms with Crippen LogP contribution in [0.3, 0.4) is 0 Å². The number of hydrogen-bond donors (Lipinski definition) is 0. The van der Waals surface area contributed by atoms with Crippen molar-refractivity contribution in [2.24, 2.45) is 5.92 Å². The first-order chi connectivity index (χ1) is 8.26. The van der Waals surface area contributed by atoms with Crippen LogP contribution in [-0.2, 0) is 4.74 Å². The molecule has 0 rings (SSSR count). The van der Waals surface area contributed by atoms with Gasteiger partial charge in [-0.15, -0.1) is 0 Å². The molecule has 102 valence electrons. The van der Waals surface area contributed by atoms with Gasteiger partial charge in [0.1, 0.15) is 0 Å². The van der Waals surface area contributed by atoms with Crippen LogP contribution in [0.15, 0.2) is 0 Å². The summed E-state index contributed by atoms with van der Waals surface area (Å²) in [6.07, 6.45) is 11.9. The van der Waals surface area contributed by atoms with Crippen LogP contribution in [-0.4, -0.2) is 11.7 Å². The minimum absolute atomic E-state index is 0.501. The van der Waals surface area contributed by atoms with Gasteiger partial charge in [-0.1, -0.05) is 58.8 Å². The topological polar surface area (TPSA) is 9.23 Å². The third kappa shape index (κ3) is 9.58. The largest absolute Gasteiger partial charge is 0.487 e. The summed E-state index contributed by atoms with van der Waals surface area (Å²) in [6.45, 7) is 7.19. The second-order valence-corrected chi connectivity index (χ2v) is 5.17. The van der Waals surface area contributed by atoms with Crippen LogP contribution in [0.1, 0.15) is 78.6 Å². The number of thiocarbonyl (C=S) groups is 1. The van der Waals surface area contributed by atoms with Crippen LogP contribution >= 0.6 is 12.2 Å². The summed E-state index contributed by atoms with van der Waals surface area (Å²) in [5.41, 5.74) is 0. The van der Waals surface area contributed by atoms with E-state index in [9.17, 15) is 0 Å². The van der Waals surface area contributed by atoms with Crippen LogP contribution in [0.5, 0.6) is 0 Å². The van der Waals surface area contributed by atoms with E-state index in [1.54, 1.807) is 0 Å². The van der Waals surface area contributed by atoms with Crippen molar-refractivity contribution in [2.75, 3.05) is 6.61 Å². The fourth-order valence-electron chi connectivity index (χ4n) is 2.10. The molecule has 0 fully saturated rings. The van der Waals surface area contributed by atoms with Crippen molar-refractivity contribution in [3.63, 3.8) is 0 Å². The van der Waals surface area contributed by atoms with E-state index >= 15 is 0 Å². The molecule has 1 unspecified atom stereocenters. The van der Waals surface area contributed by atoms with Gasteiger partial charge in [-0.05, 0) is 32.0 Å². The lowest BCUT2D eigenvalue weighted by molar-refractivity contribution is 0.303. The van der Waals surface area contributed by atoms with Gasteiger partial charge in [0, 0.05) is 5.92 Å². The zero-order valence-electron chi connectivity index (χ0n) is 12.0. The predicted molar refractivity (Wildman–Crippen MR) is 80.6 cm³/mol. The molecule has 2 heteroatoms. The van der Waals surface area contributed by atoms with E-state index in [0.717, 1.165) is 11.5 Å². The molecule has 0 aliphatic rings. The summed E-state index contributed by atoms with van der Waals surface area (Å²) in [5, 5.41) is 0.834. The number of unbranched alkanes of at least 4 members (excludes halogenated alkanes) is 6. The molecular weight excluding hydrogens is 228 g/mol. The van der Waals surface area contributed by atoms with Crippen molar-refractivity contribution in [1.29, 1.82) is 0 Å². The first-order valence-electron chi connectivity index (χ1n) is 7.42. The van der Waals surface area contributed by atoms with Gasteiger partial charge in [-0.25, -0.2) is 0 Å². The lowest BCUT2D eigenvalue weighted by Gasteiger charge is -2.15. The monoisotopic (exact) mass is 258 g/mol. The quantitative estimate of drug-likeness (QED) is 0.356. The molecule has 0 bridgehead atoms. The third-order valence-corrected chi connectivity index (χ3v) is 3.72. The first-order valence-corrected chi connectivity index (χ1v) is 7.83. The Kier molecular flexibility index (Phi) is 12.3. The summed E-state index contributed by atoms with van der Waals surface area (Å²) < 4.78 is 5.44. The average Bonchev–Trinajstić information content (AvgIpc) is 2.33. The van der Waals surface area contributed by atoms with Gasteiger partial charge in [-0.3, -0.25) is 0 Å². The first kappa shape index (κ1) is 16.9. The van der Waals surface area contributed by atoms with E-state index in [-0.39, 0.29) is 0 Å². The van der Waals surface area contributed by atoms with Gasteiger partial charge in [0.15, 0.2) is 5.05 Å². The standard InChI is InChI=1S/C15H30OS/c1-4-7-8-9-10-11-12-13-14(5-2)15(17)16-6-3/h14H,4-13H2,1-3H3. The van der Waals surface area contributed by atoms with Crippen LogP contribution in [0.4, 0.5) is 0 Å². The Morgan fingerprint density at radius 3 is 2.06 bits per heavy atom. The van der Waals surface area contributed by atoms with E-state index in [2.05, 4.69) is 13.8 Å². The van der Waals surface area contributed by atoms with Gasteiger partial charge in [-0.2, -0.15) is 0 Å². The molecule has 0 saturated heterocycles. The van der Waals surface area contributed by atoms with Gasteiger partial charge in [0.05, 0.1) is 6.61 Å². The van der Waals surface area contributed by atoms with E-state index in [1.807, 2.05) is 6.92 Å². The normalized spacial score (nSPS) is 12.4. The summed E-state index contributed by atoms with van der Waals surface area (Å²) in [7, 11) is 0. The zero-order valence-corrected chi connectivity index (χ0v) is 12.8. The maximum atomic E-state index is 5.44. The van der Waals surface area contributed by atoms with Crippen molar-refractivity contribution < 1.29 is 4.74 Å². The van der Waals surface area contributed by atoms with E-state index in [4.69, 9.17) is 17.0 Å². The zero-order chi connectivity index (χ0) is 12.9. The predicted octanol–water partition coefficient (Wildman–Crippen LogP) is 5.52. The summed E-state index contributed by atoms with van der Waals surface area (Å²) in [4.78, 5) is 0. The lowest BCUT2D eigenvalue weighted by Crippen LogP contribution is -2.14. The molecule has 0 N–H and O–H groups in total. The molecule has 0 radical (unpaired) electrons. The molecule has 0 amide bonds. The molecule has 0 aliphatic carbocycles. The molecule has 0 aromatic carbocycles. The third-order valence-electron chi connectivity index (χ3n) is 3.27. The summed E-state index contributed by atoms with van der Waals surface area (Å²) in [6, 6.07) is 0. The van der Waals surface area contributed by atoms with Crippen molar-refractivity contribution >= 4 is 17.3 Å². The van der Waals surface area contributed by atoms with Crippen molar-refractivity contribution in [1.82, 2.24) is 0 Å². The highest BCUT2D eigenvalue weighted by Crippen LogP contribution is 2.17. The van der Waals surface area contributed by atoms with Gasteiger partial charge in [0.25, 0.3) is 0 Å². The summed E-state index contributed by atoms with van der Waals surface area (Å²) in [5.74, 6) is 0.501. The highest BCUT2D eigenvalue weighted by Gasteiger charge is 2.12. The molecule has 1 atom stereocenters. The van der Waals surface area contributed by atoms with Gasteiger partial charge >= 0.3 is 0 Å². The fraction of sp³-hybridized carbons (Fsp3) is 0.933. The van der Waals surface area contributed by atoms with Gasteiger partial charge in [0.2, 0.25) is 0 Å². The maximum Gasteiger partial charge on any atom is 0.162 e. The number of rotatable bonds is 11. The Morgan fingerprint density at radius 1 is 0.941 bits per heavy atom. The molecule has 0 aromatic rings. The van der Waals surface area contributed by atoms with Crippen LogP contribution in [0.25, 0.3) is 0 Å². The van der Waals surface area contributed by atoms with E-state index in [0.29, 0.717) is 12.5 Å². The van der Waals surface area contributed by atoms with Crippen molar-refractivity contribution in [3.8, 4) is 0 Å². The average molecular weight is 258 g/mol. The Labute approximate surface area is 113 Å². The van der Waals surface area contributed by atoms with Crippen molar-refractivity contribution in [3.05, 3.63) is 0 Å². The molecule has 0 aliphatic heterocycles. The van der Waals surface area contributed by atoms with Crippen LogP contribution in [0.2, 0.25) is 0 Å². The van der Waals surface area contributed by atoms with Crippen LogP contribution < -0.4 is 0 Å². The molecular formula is C15H30OS. The molecule has 0 aromatic heterocycles. The minimum Gasteiger partial charge on any atom is -0.487 e. The van der Waals surface area contributed by atoms with Crippen molar-refractivity contribution in [2.45, 2.75) is 78.6 Å². The Morgan fingerprint density at radius 2 is 1.53 bits per heavy atom. The SMILES string of the molecule is CCCCCCCCCC(CC)C(=S)OCC. The van der Waals surface area contributed by atoms with E-state index < -0.39 is 0 Å². The Hall–Kier alpha value is -0.110. The summed E-state index contributed by atoms with van der Waals surface area (Å²) >= 11 is 5.29. The Bertz CT molecular complexity index is 180. The second kappa shape index (κ2) is 12.3. The highest BCUT2D eigenvalue weighted by atomic mass is 32.1. The molecule has 0 heterocycles. The van der Waals surface area contributed by atoms with E-state index in [1.165, 1.54) is 51.4 Å². The molecule has 1 nitrogen and oxygen atoms in total. The lowest BCUT2D eigenvalue weighted by atomic mass is 9.98. The number of ether oxygens (including phenoxy) is 1. The molecule has 17 heavy (non-hydrogen) atoms. The highest BCUT2D eigenvalue weighted by molar-refractivity contribution is 7.80. The van der Waals surface area contributed by atoms with Gasteiger partial charge < -0.3 is 4.74 Å². The number of hydrogen-bond acceptors (Lipinski definition) is 2.